The third kappa shape index (κ3) is 1.44. The zero-order valence-electron chi connectivity index (χ0n) is 10.4. The molecule has 4 rings (SSSR count). The molecule has 19 heavy (non-hydrogen) atoms. The van der Waals surface area contributed by atoms with Gasteiger partial charge in [0.05, 0.1) is 6.61 Å². The summed E-state index contributed by atoms with van der Waals surface area (Å²) in [4.78, 5) is 4.82. The molecule has 0 aliphatic heterocycles. The van der Waals surface area contributed by atoms with Gasteiger partial charge in [-0.3, -0.25) is 4.84 Å². The van der Waals surface area contributed by atoms with Gasteiger partial charge in [-0.2, -0.15) is 0 Å². The highest BCUT2D eigenvalue weighted by molar-refractivity contribution is 6.23. The fraction of sp³-hybridized carbons (Fsp3) is 0.0588. The Bertz CT molecular complexity index is 866. The fourth-order valence-electron chi connectivity index (χ4n) is 3.01. The first-order chi connectivity index (χ1) is 9.38. The molecule has 2 nitrogen and oxygen atoms in total. The number of hydrogen-bond acceptors (Lipinski definition) is 2. The van der Waals surface area contributed by atoms with Crippen LogP contribution in [0.5, 0.6) is 0 Å². The summed E-state index contributed by atoms with van der Waals surface area (Å²) in [5.74, 6) is 5.23. The minimum absolute atomic E-state index is 0.439. The van der Waals surface area contributed by atoms with Gasteiger partial charge in [0.1, 0.15) is 0 Å². The lowest BCUT2D eigenvalue weighted by Gasteiger charge is -2.13. The molecule has 4 aromatic rings. The highest BCUT2D eigenvalue weighted by atomic mass is 16.6. The lowest BCUT2D eigenvalue weighted by Crippen LogP contribution is -1.99. The molecule has 2 heteroatoms. The Morgan fingerprint density at radius 2 is 1.37 bits per heavy atom. The maximum Gasteiger partial charge on any atom is 0.0936 e. The summed E-state index contributed by atoms with van der Waals surface area (Å²) >= 11 is 0. The van der Waals surface area contributed by atoms with E-state index in [0.29, 0.717) is 6.61 Å². The van der Waals surface area contributed by atoms with E-state index in [2.05, 4.69) is 54.6 Å². The fourth-order valence-corrected chi connectivity index (χ4v) is 3.01. The van der Waals surface area contributed by atoms with E-state index in [1.165, 1.54) is 32.3 Å². The van der Waals surface area contributed by atoms with Crippen molar-refractivity contribution in [2.45, 2.75) is 6.61 Å². The topological polar surface area (TPSA) is 35.2 Å². The predicted molar refractivity (Wildman–Crippen MR) is 79.1 cm³/mol. The average Bonchev–Trinajstić information content (AvgIpc) is 2.46. The van der Waals surface area contributed by atoms with Crippen molar-refractivity contribution in [2.24, 2.45) is 5.90 Å². The maximum absolute atomic E-state index is 5.23. The Kier molecular flexibility index (Phi) is 2.21. The molecule has 92 valence electrons. The van der Waals surface area contributed by atoms with E-state index in [9.17, 15) is 0 Å². The van der Waals surface area contributed by atoms with Gasteiger partial charge in [0, 0.05) is 0 Å². The van der Waals surface area contributed by atoms with E-state index in [4.69, 9.17) is 10.7 Å². The Hall–Kier alpha value is -2.16. The van der Waals surface area contributed by atoms with Gasteiger partial charge in [0.2, 0.25) is 0 Å². The minimum Gasteiger partial charge on any atom is -0.300 e. The molecule has 0 radical (unpaired) electrons. The molecule has 0 unspecified atom stereocenters. The SMILES string of the molecule is NOCc1ccc2ccc3cccc4ccc1c2c34. The molecule has 0 aromatic heterocycles. The zero-order valence-corrected chi connectivity index (χ0v) is 10.4. The number of benzene rings is 4. The highest BCUT2D eigenvalue weighted by Gasteiger charge is 2.10. The average molecular weight is 247 g/mol. The smallest absolute Gasteiger partial charge is 0.0936 e. The molecule has 0 saturated heterocycles. The lowest BCUT2D eigenvalue weighted by molar-refractivity contribution is 0.125. The summed E-state index contributed by atoms with van der Waals surface area (Å²) in [7, 11) is 0. The number of hydrogen-bond donors (Lipinski definition) is 1. The summed E-state index contributed by atoms with van der Waals surface area (Å²) in [5, 5.41) is 7.69. The van der Waals surface area contributed by atoms with Crippen LogP contribution in [0.15, 0.2) is 54.6 Å². The molecule has 2 N–H and O–H groups in total. The van der Waals surface area contributed by atoms with Crippen LogP contribution in [0.1, 0.15) is 5.56 Å². The normalized spacial score (nSPS) is 11.8. The van der Waals surface area contributed by atoms with Crippen LogP contribution in [0.3, 0.4) is 0 Å². The van der Waals surface area contributed by atoms with Crippen LogP contribution in [-0.2, 0) is 11.4 Å². The van der Waals surface area contributed by atoms with E-state index in [-0.39, 0.29) is 0 Å². The van der Waals surface area contributed by atoms with Crippen molar-refractivity contribution in [2.75, 3.05) is 0 Å². The molecule has 0 atom stereocenters. The number of nitrogens with two attached hydrogens (primary N) is 1. The standard InChI is InChI=1S/C17H13NO/c18-19-10-14-7-6-13-5-4-11-2-1-3-12-8-9-15(14)17(13)16(11)12/h1-9H,10,18H2. The molecule has 0 saturated carbocycles. The van der Waals surface area contributed by atoms with E-state index >= 15 is 0 Å². The van der Waals surface area contributed by atoms with Crippen LogP contribution in [0.2, 0.25) is 0 Å². The van der Waals surface area contributed by atoms with Gasteiger partial charge in [-0.1, -0.05) is 54.6 Å². The van der Waals surface area contributed by atoms with Crippen molar-refractivity contribution < 1.29 is 4.84 Å². The van der Waals surface area contributed by atoms with Gasteiger partial charge in [-0.15, -0.1) is 0 Å². The Labute approximate surface area is 110 Å². The number of rotatable bonds is 2. The van der Waals surface area contributed by atoms with Crippen LogP contribution >= 0.6 is 0 Å². The summed E-state index contributed by atoms with van der Waals surface area (Å²) < 4.78 is 0. The minimum atomic E-state index is 0.439. The Morgan fingerprint density at radius 3 is 2.11 bits per heavy atom. The molecular formula is C17H13NO. The lowest BCUT2D eigenvalue weighted by atomic mass is 9.92. The van der Waals surface area contributed by atoms with E-state index in [1.54, 1.807) is 0 Å². The van der Waals surface area contributed by atoms with Crippen LogP contribution < -0.4 is 5.90 Å². The van der Waals surface area contributed by atoms with E-state index < -0.39 is 0 Å². The van der Waals surface area contributed by atoms with Crippen LogP contribution in [-0.4, -0.2) is 0 Å². The Morgan fingerprint density at radius 1 is 0.737 bits per heavy atom. The molecule has 0 bridgehead atoms. The van der Waals surface area contributed by atoms with Crippen molar-refractivity contribution in [3.63, 3.8) is 0 Å². The van der Waals surface area contributed by atoms with E-state index in [1.807, 2.05) is 0 Å². The summed E-state index contributed by atoms with van der Waals surface area (Å²) in [6.07, 6.45) is 0. The molecular weight excluding hydrogens is 234 g/mol. The van der Waals surface area contributed by atoms with Crippen LogP contribution in [0.4, 0.5) is 0 Å². The third-order valence-electron chi connectivity index (χ3n) is 3.86. The molecule has 0 amide bonds. The first kappa shape index (κ1) is 10.7. The predicted octanol–water partition coefficient (Wildman–Crippen LogP) is 3.97. The first-order valence-corrected chi connectivity index (χ1v) is 6.35. The van der Waals surface area contributed by atoms with Gasteiger partial charge < -0.3 is 0 Å². The first-order valence-electron chi connectivity index (χ1n) is 6.35. The summed E-state index contributed by atoms with van der Waals surface area (Å²) in [5.41, 5.74) is 1.13. The molecule has 0 fully saturated rings. The van der Waals surface area contributed by atoms with Crippen molar-refractivity contribution in [3.05, 3.63) is 60.2 Å². The third-order valence-corrected chi connectivity index (χ3v) is 3.86. The second kappa shape index (κ2) is 3.92. The maximum atomic E-state index is 5.23. The molecule has 0 heterocycles. The quantitative estimate of drug-likeness (QED) is 0.429. The van der Waals surface area contributed by atoms with Crippen LogP contribution in [0, 0.1) is 0 Å². The van der Waals surface area contributed by atoms with Gasteiger partial charge in [0.15, 0.2) is 0 Å². The highest BCUT2D eigenvalue weighted by Crippen LogP contribution is 2.35. The van der Waals surface area contributed by atoms with Gasteiger partial charge in [-0.25, -0.2) is 5.90 Å². The van der Waals surface area contributed by atoms with Gasteiger partial charge in [0.25, 0.3) is 0 Å². The molecule has 0 aliphatic rings. The summed E-state index contributed by atoms with van der Waals surface area (Å²) in [6.45, 7) is 0.439. The molecule has 0 spiro atoms. The molecule has 4 aromatic carbocycles. The second-order valence-electron chi connectivity index (χ2n) is 4.89. The second-order valence-corrected chi connectivity index (χ2v) is 4.89. The van der Waals surface area contributed by atoms with Crippen molar-refractivity contribution in [1.82, 2.24) is 0 Å². The van der Waals surface area contributed by atoms with Gasteiger partial charge >= 0.3 is 0 Å². The zero-order chi connectivity index (χ0) is 12.8. The van der Waals surface area contributed by atoms with Gasteiger partial charge in [-0.05, 0) is 37.9 Å². The monoisotopic (exact) mass is 247 g/mol. The van der Waals surface area contributed by atoms with Crippen molar-refractivity contribution in [3.8, 4) is 0 Å². The largest absolute Gasteiger partial charge is 0.300 e. The summed E-state index contributed by atoms with van der Waals surface area (Å²) in [6, 6.07) is 19.4. The van der Waals surface area contributed by atoms with Crippen molar-refractivity contribution in [1.29, 1.82) is 0 Å². The Balaban J connectivity index is 2.28. The van der Waals surface area contributed by atoms with Crippen molar-refractivity contribution >= 4 is 32.3 Å². The van der Waals surface area contributed by atoms with Crippen LogP contribution in [0.25, 0.3) is 32.3 Å². The molecule has 0 aliphatic carbocycles. The van der Waals surface area contributed by atoms with E-state index in [0.717, 1.165) is 5.56 Å².